The van der Waals surface area contributed by atoms with Crippen molar-refractivity contribution in [1.82, 2.24) is 4.98 Å². The number of aryl methyl sites for hydroxylation is 1. The predicted octanol–water partition coefficient (Wildman–Crippen LogP) is 4.98. The largest absolute Gasteiger partial charge is 0.494 e. The normalized spacial score (nSPS) is 10.5. The van der Waals surface area contributed by atoms with Crippen LogP contribution in [0.1, 0.15) is 35.5 Å². The molecular formula is C22H22N2O3S. The van der Waals surface area contributed by atoms with Gasteiger partial charge in [-0.3, -0.25) is 9.59 Å². The van der Waals surface area contributed by atoms with E-state index >= 15 is 0 Å². The molecule has 0 saturated heterocycles. The van der Waals surface area contributed by atoms with Crippen molar-refractivity contribution in [3.8, 4) is 17.0 Å². The van der Waals surface area contributed by atoms with Crippen molar-refractivity contribution in [2.75, 3.05) is 11.9 Å². The maximum absolute atomic E-state index is 12.4. The van der Waals surface area contributed by atoms with Crippen molar-refractivity contribution in [3.05, 3.63) is 65.0 Å². The lowest BCUT2D eigenvalue weighted by atomic mass is 10.1. The van der Waals surface area contributed by atoms with Crippen molar-refractivity contribution >= 4 is 28.2 Å². The predicted molar refractivity (Wildman–Crippen MR) is 112 cm³/mol. The van der Waals surface area contributed by atoms with Gasteiger partial charge >= 0.3 is 0 Å². The Labute approximate surface area is 168 Å². The van der Waals surface area contributed by atoms with E-state index in [4.69, 9.17) is 4.74 Å². The van der Waals surface area contributed by atoms with Crippen LogP contribution in [0.2, 0.25) is 0 Å². The zero-order valence-corrected chi connectivity index (χ0v) is 16.7. The third-order valence-corrected chi connectivity index (χ3v) is 5.21. The monoisotopic (exact) mass is 394 g/mol. The summed E-state index contributed by atoms with van der Waals surface area (Å²) in [6, 6.07) is 17.2. The molecule has 144 valence electrons. The van der Waals surface area contributed by atoms with Gasteiger partial charge in [-0.2, -0.15) is 0 Å². The average molecular weight is 394 g/mol. The van der Waals surface area contributed by atoms with Gasteiger partial charge in [-0.1, -0.05) is 59.9 Å². The van der Waals surface area contributed by atoms with Crippen LogP contribution in [0, 0.1) is 0 Å². The van der Waals surface area contributed by atoms with Crippen molar-refractivity contribution in [3.63, 3.8) is 0 Å². The van der Waals surface area contributed by atoms with E-state index in [2.05, 4.69) is 10.3 Å². The van der Waals surface area contributed by atoms with E-state index in [1.807, 2.05) is 61.5 Å². The minimum atomic E-state index is -0.144. The minimum Gasteiger partial charge on any atom is -0.494 e. The van der Waals surface area contributed by atoms with Crippen LogP contribution >= 0.6 is 11.3 Å². The number of ketones is 1. The molecule has 0 fully saturated rings. The maximum atomic E-state index is 12.4. The number of para-hydroxylation sites is 1. The lowest BCUT2D eigenvalue weighted by molar-refractivity contribution is -0.116. The quantitative estimate of drug-likeness (QED) is 0.547. The number of carbonyl (C=O) groups is 2. The Balaban J connectivity index is 1.70. The lowest BCUT2D eigenvalue weighted by Crippen LogP contribution is -2.12. The van der Waals surface area contributed by atoms with Crippen LogP contribution in [0.4, 0.5) is 5.13 Å². The number of anilines is 1. The van der Waals surface area contributed by atoms with Gasteiger partial charge in [0, 0.05) is 18.9 Å². The van der Waals surface area contributed by atoms with Gasteiger partial charge in [-0.25, -0.2) is 4.98 Å². The SMILES string of the molecule is CCOc1ccccc1CCC(=O)Nc1nc(-c2ccccc2)c(C(C)=O)s1. The molecule has 0 spiro atoms. The molecule has 0 atom stereocenters. The summed E-state index contributed by atoms with van der Waals surface area (Å²) in [5, 5.41) is 3.26. The number of nitrogens with one attached hydrogen (secondary N) is 1. The molecule has 1 aromatic heterocycles. The second-order valence-electron chi connectivity index (χ2n) is 6.21. The number of thiazole rings is 1. The summed E-state index contributed by atoms with van der Waals surface area (Å²) in [5.41, 5.74) is 2.46. The van der Waals surface area contributed by atoms with Gasteiger partial charge in [0.2, 0.25) is 5.91 Å². The van der Waals surface area contributed by atoms with Crippen LogP contribution in [-0.2, 0) is 11.2 Å². The summed E-state index contributed by atoms with van der Waals surface area (Å²) >= 11 is 1.21. The number of ether oxygens (including phenoxy) is 1. The Hall–Kier alpha value is -2.99. The second kappa shape index (κ2) is 9.28. The second-order valence-corrected chi connectivity index (χ2v) is 7.21. The molecule has 1 amide bonds. The Kier molecular flexibility index (Phi) is 6.55. The minimum absolute atomic E-state index is 0.0671. The van der Waals surface area contributed by atoms with E-state index in [-0.39, 0.29) is 11.7 Å². The fraction of sp³-hybridized carbons (Fsp3) is 0.227. The van der Waals surface area contributed by atoms with Crippen molar-refractivity contribution in [2.24, 2.45) is 0 Å². The number of aromatic nitrogens is 1. The van der Waals surface area contributed by atoms with E-state index in [1.54, 1.807) is 0 Å². The third kappa shape index (κ3) is 4.84. The van der Waals surface area contributed by atoms with Gasteiger partial charge in [-0.15, -0.1) is 0 Å². The van der Waals surface area contributed by atoms with Gasteiger partial charge < -0.3 is 10.1 Å². The van der Waals surface area contributed by atoms with E-state index in [1.165, 1.54) is 18.3 Å². The molecule has 0 radical (unpaired) electrons. The Morgan fingerprint density at radius 1 is 1.07 bits per heavy atom. The van der Waals surface area contributed by atoms with Crippen LogP contribution < -0.4 is 10.1 Å². The highest BCUT2D eigenvalue weighted by atomic mass is 32.1. The maximum Gasteiger partial charge on any atom is 0.226 e. The standard InChI is InChI=1S/C22H22N2O3S/c1-3-27-18-12-8-7-9-16(18)13-14-19(26)23-22-24-20(21(28-22)15(2)25)17-10-5-4-6-11-17/h4-12H,3,13-14H2,1-2H3,(H,23,24,26). The number of nitrogens with zero attached hydrogens (tertiary/aromatic N) is 1. The molecule has 2 aromatic carbocycles. The highest BCUT2D eigenvalue weighted by Crippen LogP contribution is 2.31. The van der Waals surface area contributed by atoms with Crippen molar-refractivity contribution in [2.45, 2.75) is 26.7 Å². The Morgan fingerprint density at radius 2 is 1.79 bits per heavy atom. The van der Waals surface area contributed by atoms with E-state index < -0.39 is 0 Å². The molecular weight excluding hydrogens is 372 g/mol. The van der Waals surface area contributed by atoms with Gasteiger partial charge in [0.15, 0.2) is 10.9 Å². The van der Waals surface area contributed by atoms with Crippen molar-refractivity contribution < 1.29 is 14.3 Å². The molecule has 6 heteroatoms. The van der Waals surface area contributed by atoms with Crippen LogP contribution in [0.3, 0.4) is 0 Å². The topological polar surface area (TPSA) is 68.3 Å². The van der Waals surface area contributed by atoms with Gasteiger partial charge in [-0.05, 0) is 25.0 Å². The summed E-state index contributed by atoms with van der Waals surface area (Å²) in [5.74, 6) is 0.592. The summed E-state index contributed by atoms with van der Waals surface area (Å²) < 4.78 is 5.60. The molecule has 28 heavy (non-hydrogen) atoms. The average Bonchev–Trinajstić information content (AvgIpc) is 3.12. The number of hydrogen-bond acceptors (Lipinski definition) is 5. The fourth-order valence-corrected chi connectivity index (χ4v) is 3.74. The Morgan fingerprint density at radius 3 is 2.50 bits per heavy atom. The first-order valence-electron chi connectivity index (χ1n) is 9.16. The molecule has 1 N–H and O–H groups in total. The number of Topliss-reactive ketones (excluding diaryl/α,β-unsaturated/α-hetero) is 1. The van der Waals surface area contributed by atoms with Crippen LogP contribution in [0.15, 0.2) is 54.6 Å². The first kappa shape index (κ1) is 19.8. The fourth-order valence-electron chi connectivity index (χ4n) is 2.84. The molecule has 0 saturated carbocycles. The van der Waals surface area contributed by atoms with E-state index in [9.17, 15) is 9.59 Å². The van der Waals surface area contributed by atoms with Crippen LogP contribution in [-0.4, -0.2) is 23.3 Å². The molecule has 0 unspecified atom stereocenters. The summed E-state index contributed by atoms with van der Waals surface area (Å²) in [7, 11) is 0. The summed E-state index contributed by atoms with van der Waals surface area (Å²) in [4.78, 5) is 29.4. The number of amides is 1. The Bertz CT molecular complexity index is 967. The summed E-state index contributed by atoms with van der Waals surface area (Å²) in [6.45, 7) is 4.03. The number of benzene rings is 2. The van der Waals surface area contributed by atoms with Crippen LogP contribution in [0.5, 0.6) is 5.75 Å². The zero-order chi connectivity index (χ0) is 19.9. The molecule has 0 aliphatic heterocycles. The van der Waals surface area contributed by atoms with E-state index in [0.29, 0.717) is 35.2 Å². The molecule has 1 heterocycles. The number of hydrogen-bond donors (Lipinski definition) is 1. The highest BCUT2D eigenvalue weighted by Gasteiger charge is 2.18. The first-order chi connectivity index (χ1) is 13.6. The number of carbonyl (C=O) groups excluding carboxylic acids is 2. The molecule has 5 nitrogen and oxygen atoms in total. The number of rotatable bonds is 8. The van der Waals surface area contributed by atoms with Crippen LogP contribution in [0.25, 0.3) is 11.3 Å². The van der Waals surface area contributed by atoms with Gasteiger partial charge in [0.05, 0.1) is 17.2 Å². The molecule has 3 rings (SSSR count). The smallest absolute Gasteiger partial charge is 0.226 e. The van der Waals surface area contributed by atoms with Crippen molar-refractivity contribution in [1.29, 1.82) is 0 Å². The zero-order valence-electron chi connectivity index (χ0n) is 15.9. The lowest BCUT2D eigenvalue weighted by Gasteiger charge is -2.09. The molecule has 3 aromatic rings. The van der Waals surface area contributed by atoms with Gasteiger partial charge in [0.1, 0.15) is 5.75 Å². The molecule has 0 aliphatic carbocycles. The first-order valence-corrected chi connectivity index (χ1v) is 9.98. The molecule has 0 aliphatic rings. The molecule has 0 bridgehead atoms. The third-order valence-electron chi connectivity index (χ3n) is 4.13. The summed E-state index contributed by atoms with van der Waals surface area (Å²) in [6.07, 6.45) is 0.873. The van der Waals surface area contributed by atoms with Gasteiger partial charge in [0.25, 0.3) is 0 Å². The highest BCUT2D eigenvalue weighted by molar-refractivity contribution is 7.18. The van der Waals surface area contributed by atoms with E-state index in [0.717, 1.165) is 16.9 Å².